The summed E-state index contributed by atoms with van der Waals surface area (Å²) in [5.41, 5.74) is 1.17. The first-order valence-electron chi connectivity index (χ1n) is 6.64. The number of likely N-dealkylation sites (N-methyl/N-ethyl adjacent to an activating group) is 1. The Labute approximate surface area is 115 Å². The molecule has 1 aromatic carbocycles. The van der Waals surface area contributed by atoms with Crippen LogP contribution in [0.3, 0.4) is 0 Å². The first-order valence-corrected chi connectivity index (χ1v) is 6.64. The summed E-state index contributed by atoms with van der Waals surface area (Å²) in [5, 5.41) is 0. The Morgan fingerprint density at radius 3 is 2.75 bits per heavy atom. The van der Waals surface area contributed by atoms with Crippen LogP contribution in [-0.2, 0) is 4.74 Å². The van der Waals surface area contributed by atoms with Crippen LogP contribution in [0.2, 0.25) is 0 Å². The maximum atomic E-state index is 13.7. The molecular weight excluding hydrogens is 267 g/mol. The molecule has 2 atom stereocenters. The van der Waals surface area contributed by atoms with Gasteiger partial charge in [0.05, 0.1) is 24.8 Å². The number of hydrogen-bond donors (Lipinski definition) is 0. The Kier molecular flexibility index (Phi) is 3.56. The van der Waals surface area contributed by atoms with Gasteiger partial charge in [-0.2, -0.15) is 0 Å². The fourth-order valence-electron chi connectivity index (χ4n) is 2.87. The molecule has 0 radical (unpaired) electrons. The van der Waals surface area contributed by atoms with Crippen molar-refractivity contribution in [2.24, 2.45) is 0 Å². The maximum absolute atomic E-state index is 13.7. The zero-order valence-electron chi connectivity index (χ0n) is 11.2. The summed E-state index contributed by atoms with van der Waals surface area (Å²) in [6.07, 6.45) is 0.0238. The molecule has 2 aliphatic heterocycles. The van der Waals surface area contributed by atoms with E-state index in [0.29, 0.717) is 18.8 Å². The maximum Gasteiger partial charge on any atom is 0.266 e. The molecule has 1 aromatic rings. The van der Waals surface area contributed by atoms with Crippen LogP contribution in [0.25, 0.3) is 5.57 Å². The van der Waals surface area contributed by atoms with Crippen LogP contribution >= 0.6 is 0 Å². The Bertz CT molecular complexity index is 544. The third kappa shape index (κ3) is 2.36. The van der Waals surface area contributed by atoms with Crippen molar-refractivity contribution >= 4 is 5.57 Å². The highest BCUT2D eigenvalue weighted by Gasteiger charge is 2.32. The highest BCUT2D eigenvalue weighted by molar-refractivity contribution is 5.68. The van der Waals surface area contributed by atoms with Gasteiger partial charge in [0.2, 0.25) is 0 Å². The van der Waals surface area contributed by atoms with Crippen molar-refractivity contribution in [1.29, 1.82) is 0 Å². The molecule has 108 valence electrons. The number of nitrogens with zero attached hydrogens (tertiary/aromatic N) is 1. The van der Waals surface area contributed by atoms with E-state index in [2.05, 4.69) is 4.90 Å². The second kappa shape index (κ2) is 5.22. The third-order valence-corrected chi connectivity index (χ3v) is 4.15. The average Bonchev–Trinajstić information content (AvgIpc) is 2.37. The fraction of sp³-hybridized carbons (Fsp3) is 0.467. The summed E-state index contributed by atoms with van der Waals surface area (Å²) in [6.45, 7) is 1.27. The van der Waals surface area contributed by atoms with Gasteiger partial charge in [0.1, 0.15) is 5.82 Å². The first-order chi connectivity index (χ1) is 9.56. The van der Waals surface area contributed by atoms with E-state index in [4.69, 9.17) is 4.74 Å². The molecule has 2 unspecified atom stereocenters. The molecule has 2 heterocycles. The second-order valence-electron chi connectivity index (χ2n) is 5.36. The van der Waals surface area contributed by atoms with Crippen LogP contribution < -0.4 is 0 Å². The zero-order chi connectivity index (χ0) is 14.3. The minimum absolute atomic E-state index is 0.176. The quantitative estimate of drug-likeness (QED) is 0.826. The molecule has 0 spiro atoms. The van der Waals surface area contributed by atoms with Gasteiger partial charge >= 0.3 is 0 Å². The predicted molar refractivity (Wildman–Crippen MR) is 70.1 cm³/mol. The molecule has 0 N–H and O–H groups in total. The van der Waals surface area contributed by atoms with Gasteiger partial charge in [-0.25, -0.2) is 13.2 Å². The van der Waals surface area contributed by atoms with E-state index in [0.717, 1.165) is 12.0 Å². The van der Waals surface area contributed by atoms with Gasteiger partial charge in [-0.1, -0.05) is 12.1 Å². The lowest BCUT2D eigenvalue weighted by Crippen LogP contribution is -2.51. The average molecular weight is 283 g/mol. The van der Waals surface area contributed by atoms with Crippen molar-refractivity contribution in [1.82, 2.24) is 4.90 Å². The van der Waals surface area contributed by atoms with Crippen molar-refractivity contribution < 1.29 is 17.9 Å². The van der Waals surface area contributed by atoms with Crippen LogP contribution in [0.4, 0.5) is 13.2 Å². The van der Waals surface area contributed by atoms with Gasteiger partial charge in [0.15, 0.2) is 0 Å². The molecule has 3 rings (SSSR count). The van der Waals surface area contributed by atoms with E-state index in [-0.39, 0.29) is 12.1 Å². The molecule has 5 heteroatoms. The molecule has 0 aliphatic carbocycles. The van der Waals surface area contributed by atoms with Gasteiger partial charge in [0.25, 0.3) is 6.43 Å². The van der Waals surface area contributed by atoms with Crippen LogP contribution in [0.5, 0.6) is 0 Å². The molecule has 2 nitrogen and oxygen atoms in total. The highest BCUT2D eigenvalue weighted by Crippen LogP contribution is 2.33. The van der Waals surface area contributed by atoms with E-state index in [1.807, 2.05) is 13.1 Å². The lowest BCUT2D eigenvalue weighted by atomic mass is 9.90. The highest BCUT2D eigenvalue weighted by atomic mass is 19.3. The topological polar surface area (TPSA) is 12.5 Å². The summed E-state index contributed by atoms with van der Waals surface area (Å²) >= 11 is 0. The molecule has 2 aliphatic rings. The number of hydrogen-bond acceptors (Lipinski definition) is 2. The molecular formula is C15H16F3NO. The number of benzene rings is 1. The second-order valence-corrected chi connectivity index (χ2v) is 5.36. The predicted octanol–water partition coefficient (Wildman–Crippen LogP) is 3.25. The molecule has 0 amide bonds. The molecule has 20 heavy (non-hydrogen) atoms. The molecule has 1 saturated heterocycles. The SMILES string of the molecule is CN1C2C=C(c3ccc(C(F)F)c(F)c3)CC1COC2. The molecule has 0 aromatic heterocycles. The fourth-order valence-corrected chi connectivity index (χ4v) is 2.87. The van der Waals surface area contributed by atoms with Crippen LogP contribution in [0, 0.1) is 5.82 Å². The molecule has 2 bridgehead atoms. The Morgan fingerprint density at radius 2 is 2.10 bits per heavy atom. The van der Waals surface area contributed by atoms with E-state index < -0.39 is 17.8 Å². The Balaban J connectivity index is 1.92. The minimum Gasteiger partial charge on any atom is -0.378 e. The lowest BCUT2D eigenvalue weighted by Gasteiger charge is -2.42. The van der Waals surface area contributed by atoms with E-state index >= 15 is 0 Å². The number of morpholine rings is 1. The van der Waals surface area contributed by atoms with Crippen molar-refractivity contribution in [3.63, 3.8) is 0 Å². The third-order valence-electron chi connectivity index (χ3n) is 4.15. The number of halogens is 3. The first kappa shape index (κ1) is 13.6. The number of rotatable bonds is 2. The number of ether oxygens (including phenoxy) is 1. The lowest BCUT2D eigenvalue weighted by molar-refractivity contribution is -0.0221. The number of fused-ring (bicyclic) bond motifs is 2. The van der Waals surface area contributed by atoms with Crippen molar-refractivity contribution in [3.8, 4) is 0 Å². The van der Waals surface area contributed by atoms with Gasteiger partial charge in [0, 0.05) is 6.04 Å². The van der Waals surface area contributed by atoms with E-state index in [1.54, 1.807) is 6.07 Å². The largest absolute Gasteiger partial charge is 0.378 e. The zero-order valence-corrected chi connectivity index (χ0v) is 11.2. The Hall–Kier alpha value is -1.33. The molecule has 1 fully saturated rings. The normalized spacial score (nSPS) is 26.8. The van der Waals surface area contributed by atoms with Gasteiger partial charge in [-0.15, -0.1) is 0 Å². The van der Waals surface area contributed by atoms with Gasteiger partial charge in [-0.05, 0) is 36.7 Å². The van der Waals surface area contributed by atoms with Crippen LogP contribution in [0.15, 0.2) is 24.3 Å². The van der Waals surface area contributed by atoms with Crippen molar-refractivity contribution in [2.75, 3.05) is 20.3 Å². The summed E-state index contributed by atoms with van der Waals surface area (Å²) in [5.74, 6) is -0.835. The van der Waals surface area contributed by atoms with E-state index in [1.165, 1.54) is 12.1 Å². The monoisotopic (exact) mass is 283 g/mol. The summed E-state index contributed by atoms with van der Waals surface area (Å²) in [4.78, 5) is 2.25. The van der Waals surface area contributed by atoms with E-state index in [9.17, 15) is 13.2 Å². The van der Waals surface area contributed by atoms with Crippen molar-refractivity contribution in [2.45, 2.75) is 24.9 Å². The van der Waals surface area contributed by atoms with Gasteiger partial charge < -0.3 is 4.74 Å². The molecule has 0 saturated carbocycles. The van der Waals surface area contributed by atoms with Gasteiger partial charge in [-0.3, -0.25) is 4.90 Å². The smallest absolute Gasteiger partial charge is 0.266 e. The van der Waals surface area contributed by atoms with Crippen molar-refractivity contribution in [3.05, 3.63) is 41.2 Å². The van der Waals surface area contributed by atoms with Crippen LogP contribution in [-0.4, -0.2) is 37.2 Å². The summed E-state index contributed by atoms with van der Waals surface area (Å²) < 4.78 is 44.3. The summed E-state index contributed by atoms with van der Waals surface area (Å²) in [7, 11) is 2.05. The Morgan fingerprint density at radius 1 is 1.30 bits per heavy atom. The van der Waals surface area contributed by atoms with Crippen LogP contribution in [0.1, 0.15) is 24.0 Å². The number of alkyl halides is 2. The minimum atomic E-state index is -2.77. The standard InChI is InChI=1S/C15H16F3NO/c1-19-11-4-10(5-12(19)8-20-7-11)9-2-3-13(15(17)18)14(16)6-9/h2-4,6,11-12,15H,5,7-8H2,1H3. The summed E-state index contributed by atoms with van der Waals surface area (Å²) in [6, 6.07) is 4.43.